The van der Waals surface area contributed by atoms with E-state index in [9.17, 15) is 13.2 Å². The highest BCUT2D eigenvalue weighted by atomic mass is 32.2. The summed E-state index contributed by atoms with van der Waals surface area (Å²) in [6.07, 6.45) is 0. The van der Waals surface area contributed by atoms with E-state index in [-0.39, 0.29) is 10.5 Å². The number of nitrogens with zero attached hydrogens (tertiary/aromatic N) is 1. The zero-order valence-corrected chi connectivity index (χ0v) is 11.2. The summed E-state index contributed by atoms with van der Waals surface area (Å²) in [4.78, 5) is 11.3. The van der Waals surface area contributed by atoms with E-state index >= 15 is 0 Å². The molecule has 0 heterocycles. The number of hydrogen-bond donors (Lipinski definition) is 1. The molecule has 96 valence electrons. The average Bonchev–Trinajstić information content (AvgIpc) is 2.27. The molecule has 0 fully saturated rings. The van der Waals surface area contributed by atoms with Gasteiger partial charge in [0.25, 0.3) is 10.0 Å². The van der Waals surface area contributed by atoms with Gasteiger partial charge in [0.2, 0.25) is 5.91 Å². The number of nitrogens with one attached hydrogen (secondary N) is 1. The van der Waals surface area contributed by atoms with Gasteiger partial charge in [0, 0.05) is 5.92 Å². The van der Waals surface area contributed by atoms with Crippen LogP contribution in [0.3, 0.4) is 0 Å². The molecule has 0 aliphatic heterocycles. The second-order valence-electron chi connectivity index (χ2n) is 4.18. The van der Waals surface area contributed by atoms with E-state index in [1.54, 1.807) is 26.8 Å². The molecule has 0 unspecified atom stereocenters. The van der Waals surface area contributed by atoms with Crippen molar-refractivity contribution in [3.8, 4) is 6.07 Å². The van der Waals surface area contributed by atoms with Gasteiger partial charge < -0.3 is 0 Å². The van der Waals surface area contributed by atoms with E-state index in [2.05, 4.69) is 0 Å². The molecule has 1 N–H and O–H groups in total. The van der Waals surface area contributed by atoms with Gasteiger partial charge in [0.15, 0.2) is 0 Å². The van der Waals surface area contributed by atoms with E-state index in [0.29, 0.717) is 5.56 Å². The monoisotopic (exact) mass is 266 g/mol. The minimum Gasteiger partial charge on any atom is -0.274 e. The molecule has 0 bridgehead atoms. The number of amides is 1. The van der Waals surface area contributed by atoms with Gasteiger partial charge >= 0.3 is 0 Å². The molecule has 0 aliphatic rings. The molecule has 0 radical (unpaired) electrons. The number of carbonyl (C=O) groups is 1. The van der Waals surface area contributed by atoms with E-state index in [1.807, 2.05) is 10.8 Å². The fraction of sp³-hybridized carbons (Fsp3) is 0.333. The van der Waals surface area contributed by atoms with Crippen LogP contribution in [0.5, 0.6) is 0 Å². The molecule has 0 aliphatic carbocycles. The summed E-state index contributed by atoms with van der Waals surface area (Å²) >= 11 is 0. The van der Waals surface area contributed by atoms with Crippen LogP contribution in [-0.4, -0.2) is 14.3 Å². The predicted molar refractivity (Wildman–Crippen MR) is 66.1 cm³/mol. The van der Waals surface area contributed by atoms with Gasteiger partial charge in [-0.3, -0.25) is 4.79 Å². The van der Waals surface area contributed by atoms with Crippen molar-refractivity contribution in [2.24, 2.45) is 5.92 Å². The van der Waals surface area contributed by atoms with Crippen LogP contribution in [0.1, 0.15) is 25.0 Å². The van der Waals surface area contributed by atoms with E-state index in [1.165, 1.54) is 12.1 Å². The highest BCUT2D eigenvalue weighted by Gasteiger charge is 2.23. The summed E-state index contributed by atoms with van der Waals surface area (Å²) in [5.74, 6) is -1.05. The van der Waals surface area contributed by atoms with Crippen LogP contribution in [0.2, 0.25) is 0 Å². The van der Waals surface area contributed by atoms with Gasteiger partial charge in [0.05, 0.1) is 5.56 Å². The molecule has 1 aromatic rings. The molecule has 0 spiro atoms. The number of benzene rings is 1. The van der Waals surface area contributed by atoms with Crippen LogP contribution in [-0.2, 0) is 14.8 Å². The van der Waals surface area contributed by atoms with E-state index in [4.69, 9.17) is 5.26 Å². The normalized spacial score (nSPS) is 11.1. The van der Waals surface area contributed by atoms with Gasteiger partial charge in [-0.1, -0.05) is 26.0 Å². The number of rotatable bonds is 3. The highest BCUT2D eigenvalue weighted by molar-refractivity contribution is 7.90. The average molecular weight is 266 g/mol. The van der Waals surface area contributed by atoms with Gasteiger partial charge in [-0.15, -0.1) is 0 Å². The summed E-state index contributed by atoms with van der Waals surface area (Å²) in [7, 11) is -3.99. The van der Waals surface area contributed by atoms with Crippen LogP contribution in [0.4, 0.5) is 0 Å². The van der Waals surface area contributed by atoms with Crippen molar-refractivity contribution >= 4 is 15.9 Å². The largest absolute Gasteiger partial charge is 0.274 e. The molecule has 18 heavy (non-hydrogen) atoms. The smallest absolute Gasteiger partial charge is 0.265 e. The lowest BCUT2D eigenvalue weighted by Crippen LogP contribution is -2.34. The quantitative estimate of drug-likeness (QED) is 0.894. The molecule has 1 aromatic carbocycles. The minimum absolute atomic E-state index is 0.0570. The molecule has 0 saturated carbocycles. The Labute approximate surface area is 106 Å². The number of carbonyl (C=O) groups excluding carboxylic acids is 1. The minimum atomic E-state index is -3.99. The number of nitriles is 1. The second kappa shape index (κ2) is 5.19. The maximum atomic E-state index is 12.0. The third kappa shape index (κ3) is 2.87. The first-order chi connectivity index (χ1) is 8.29. The third-order valence-corrected chi connectivity index (χ3v) is 3.78. The lowest BCUT2D eigenvalue weighted by Gasteiger charge is -2.10. The van der Waals surface area contributed by atoms with Crippen molar-refractivity contribution in [2.75, 3.05) is 0 Å². The second-order valence-corrected chi connectivity index (χ2v) is 5.84. The Morgan fingerprint density at radius 2 is 2.00 bits per heavy atom. The zero-order chi connectivity index (χ0) is 13.9. The van der Waals surface area contributed by atoms with Crippen molar-refractivity contribution in [3.05, 3.63) is 29.3 Å². The van der Waals surface area contributed by atoms with Crippen molar-refractivity contribution in [1.29, 1.82) is 5.26 Å². The first kappa shape index (κ1) is 14.2. The Kier molecular flexibility index (Phi) is 4.09. The van der Waals surface area contributed by atoms with Gasteiger partial charge in [0.1, 0.15) is 11.0 Å². The first-order valence-corrected chi connectivity index (χ1v) is 6.84. The summed E-state index contributed by atoms with van der Waals surface area (Å²) in [6, 6.07) is 6.32. The summed E-state index contributed by atoms with van der Waals surface area (Å²) < 4.78 is 25.9. The molecule has 6 heteroatoms. The topological polar surface area (TPSA) is 87.0 Å². The molecule has 0 atom stereocenters. The standard InChI is InChI=1S/C12H14N2O3S/c1-8(2)12(15)14-18(16,17)11-6-4-5-9(3)10(11)7-13/h4-6,8H,1-3H3,(H,14,15). The van der Waals surface area contributed by atoms with Gasteiger partial charge in [-0.25, -0.2) is 13.1 Å². The van der Waals surface area contributed by atoms with Crippen molar-refractivity contribution in [1.82, 2.24) is 4.72 Å². The summed E-state index contributed by atoms with van der Waals surface area (Å²) in [5, 5.41) is 8.98. The maximum absolute atomic E-state index is 12.0. The SMILES string of the molecule is Cc1cccc(S(=O)(=O)NC(=O)C(C)C)c1C#N. The van der Waals surface area contributed by atoms with Crippen molar-refractivity contribution in [2.45, 2.75) is 25.7 Å². The Balaban J connectivity index is 3.27. The van der Waals surface area contributed by atoms with Crippen LogP contribution in [0.15, 0.2) is 23.1 Å². The fourth-order valence-corrected chi connectivity index (χ4v) is 2.66. The third-order valence-electron chi connectivity index (χ3n) is 2.40. The summed E-state index contributed by atoms with van der Waals surface area (Å²) in [5.41, 5.74) is 0.610. The Bertz CT molecular complexity index is 613. The number of sulfonamides is 1. The Morgan fingerprint density at radius 1 is 1.39 bits per heavy atom. The van der Waals surface area contributed by atoms with E-state index in [0.717, 1.165) is 0 Å². The van der Waals surface area contributed by atoms with Crippen LogP contribution in [0.25, 0.3) is 0 Å². The Hall–Kier alpha value is -1.87. The molecule has 0 saturated heterocycles. The molecular formula is C12H14N2O3S. The number of hydrogen-bond acceptors (Lipinski definition) is 4. The number of aryl methyl sites for hydroxylation is 1. The van der Waals surface area contributed by atoms with Crippen molar-refractivity contribution in [3.63, 3.8) is 0 Å². The predicted octanol–water partition coefficient (Wildman–Crippen LogP) is 1.33. The van der Waals surface area contributed by atoms with Crippen LogP contribution < -0.4 is 4.72 Å². The van der Waals surface area contributed by atoms with Crippen LogP contribution >= 0.6 is 0 Å². The maximum Gasteiger partial charge on any atom is 0.265 e. The fourth-order valence-electron chi connectivity index (χ4n) is 1.31. The molecule has 1 amide bonds. The van der Waals surface area contributed by atoms with Gasteiger partial charge in [-0.2, -0.15) is 5.26 Å². The highest BCUT2D eigenvalue weighted by Crippen LogP contribution is 2.18. The summed E-state index contributed by atoms with van der Waals surface area (Å²) in [6.45, 7) is 4.82. The van der Waals surface area contributed by atoms with Crippen molar-refractivity contribution < 1.29 is 13.2 Å². The lowest BCUT2D eigenvalue weighted by molar-refractivity contribution is -0.122. The molecular weight excluding hydrogens is 252 g/mol. The molecule has 1 rings (SSSR count). The molecule has 5 nitrogen and oxygen atoms in total. The van der Waals surface area contributed by atoms with Gasteiger partial charge in [-0.05, 0) is 18.6 Å². The first-order valence-electron chi connectivity index (χ1n) is 5.36. The van der Waals surface area contributed by atoms with Crippen LogP contribution in [0, 0.1) is 24.2 Å². The lowest BCUT2D eigenvalue weighted by atomic mass is 10.1. The Morgan fingerprint density at radius 3 is 2.50 bits per heavy atom. The van der Waals surface area contributed by atoms with E-state index < -0.39 is 21.8 Å². The molecule has 0 aromatic heterocycles. The zero-order valence-electron chi connectivity index (χ0n) is 10.4.